The van der Waals surface area contributed by atoms with Gasteiger partial charge in [-0.15, -0.1) is 0 Å². The van der Waals surface area contributed by atoms with Crippen LogP contribution in [-0.2, 0) is 6.42 Å². The van der Waals surface area contributed by atoms with Gasteiger partial charge in [0.05, 0.1) is 7.11 Å². The van der Waals surface area contributed by atoms with E-state index in [-0.39, 0.29) is 23.4 Å². The molecule has 1 heterocycles. The third-order valence-electron chi connectivity index (χ3n) is 3.83. The molecule has 1 unspecified atom stereocenters. The zero-order valence-corrected chi connectivity index (χ0v) is 11.4. The van der Waals surface area contributed by atoms with Gasteiger partial charge in [-0.25, -0.2) is 0 Å². The molecule has 1 atom stereocenters. The van der Waals surface area contributed by atoms with E-state index in [4.69, 9.17) is 9.47 Å². The molecule has 0 saturated carbocycles. The number of hydrogen-bond donors (Lipinski definition) is 2. The average molecular weight is 274 g/mol. The number of methoxy groups -OCH3 is 1. The van der Waals surface area contributed by atoms with Gasteiger partial charge in [0, 0.05) is 11.6 Å². The van der Waals surface area contributed by atoms with Gasteiger partial charge in [0.1, 0.15) is 11.9 Å². The number of aromatic hydroxyl groups is 2. The summed E-state index contributed by atoms with van der Waals surface area (Å²) in [5.74, 6) is 0.652. The minimum Gasteiger partial charge on any atom is -0.507 e. The molecular formula is C16H18O4. The Morgan fingerprint density at radius 2 is 2.15 bits per heavy atom. The fourth-order valence-corrected chi connectivity index (χ4v) is 2.76. The van der Waals surface area contributed by atoms with E-state index in [9.17, 15) is 10.2 Å². The molecule has 0 fully saturated rings. The molecule has 20 heavy (non-hydrogen) atoms. The highest BCUT2D eigenvalue weighted by atomic mass is 16.5. The van der Waals surface area contributed by atoms with Crippen molar-refractivity contribution in [3.63, 3.8) is 0 Å². The van der Waals surface area contributed by atoms with Crippen LogP contribution in [-0.4, -0.2) is 23.4 Å². The first-order chi connectivity index (χ1) is 9.70. The van der Waals surface area contributed by atoms with Crippen molar-refractivity contribution in [1.29, 1.82) is 0 Å². The molecule has 0 radical (unpaired) electrons. The van der Waals surface area contributed by atoms with Crippen LogP contribution in [0, 0.1) is 0 Å². The van der Waals surface area contributed by atoms with Gasteiger partial charge in [-0.2, -0.15) is 0 Å². The summed E-state index contributed by atoms with van der Waals surface area (Å²) < 4.78 is 11.0. The number of ether oxygens (including phenoxy) is 2. The molecule has 0 amide bonds. The van der Waals surface area contributed by atoms with Crippen LogP contribution in [0.3, 0.4) is 0 Å². The second-order valence-corrected chi connectivity index (χ2v) is 5.08. The molecule has 106 valence electrons. The predicted molar refractivity (Wildman–Crippen MR) is 75.5 cm³/mol. The van der Waals surface area contributed by atoms with Crippen LogP contribution in [0.15, 0.2) is 29.9 Å². The van der Waals surface area contributed by atoms with E-state index in [2.05, 4.69) is 18.2 Å². The van der Waals surface area contributed by atoms with Crippen LogP contribution < -0.4 is 9.47 Å². The number of phenolic OH excluding ortho intramolecular Hbond substituents is 2. The van der Waals surface area contributed by atoms with Crippen LogP contribution in [0.4, 0.5) is 0 Å². The van der Waals surface area contributed by atoms with E-state index in [0.717, 1.165) is 24.8 Å². The van der Waals surface area contributed by atoms with Crippen LogP contribution in [0.5, 0.6) is 23.0 Å². The molecule has 0 spiro atoms. The molecule has 2 N–H and O–H groups in total. The summed E-state index contributed by atoms with van der Waals surface area (Å²) in [5.41, 5.74) is 1.79. The molecular weight excluding hydrogens is 256 g/mol. The Bertz CT molecular complexity index is 587. The van der Waals surface area contributed by atoms with Crippen molar-refractivity contribution in [3.05, 3.63) is 35.4 Å². The largest absolute Gasteiger partial charge is 0.507 e. The number of benzene rings is 1. The van der Waals surface area contributed by atoms with Gasteiger partial charge < -0.3 is 19.7 Å². The normalized spacial score (nSPS) is 20.9. The van der Waals surface area contributed by atoms with E-state index < -0.39 is 0 Å². The Morgan fingerprint density at radius 1 is 1.30 bits per heavy atom. The lowest BCUT2D eigenvalue weighted by Gasteiger charge is -2.29. The lowest BCUT2D eigenvalue weighted by Crippen LogP contribution is -2.24. The smallest absolute Gasteiger partial charge is 0.201 e. The molecule has 3 rings (SSSR count). The Labute approximate surface area is 118 Å². The van der Waals surface area contributed by atoms with Gasteiger partial charge in [0.2, 0.25) is 5.75 Å². The van der Waals surface area contributed by atoms with Crippen molar-refractivity contribution in [2.75, 3.05) is 7.11 Å². The monoisotopic (exact) mass is 274 g/mol. The topological polar surface area (TPSA) is 58.9 Å². The number of fused-ring (bicyclic) bond motifs is 1. The number of hydrogen-bond acceptors (Lipinski definition) is 4. The Balaban J connectivity index is 1.96. The van der Waals surface area contributed by atoms with Gasteiger partial charge in [0.15, 0.2) is 11.5 Å². The molecule has 4 heteroatoms. The Morgan fingerprint density at radius 3 is 2.85 bits per heavy atom. The van der Waals surface area contributed by atoms with Gasteiger partial charge in [-0.1, -0.05) is 18.2 Å². The molecule has 2 aliphatic rings. The van der Waals surface area contributed by atoms with Crippen LogP contribution in [0.2, 0.25) is 0 Å². The summed E-state index contributed by atoms with van der Waals surface area (Å²) in [6, 6.07) is 1.43. The zero-order valence-electron chi connectivity index (χ0n) is 11.4. The first-order valence-corrected chi connectivity index (χ1v) is 6.85. The molecule has 0 saturated heterocycles. The average Bonchev–Trinajstić information content (AvgIpc) is 2.51. The summed E-state index contributed by atoms with van der Waals surface area (Å²) in [6.07, 6.45) is 9.87. The minimum atomic E-state index is -0.0727. The Hall–Kier alpha value is -2.10. The molecule has 1 aromatic carbocycles. The highest BCUT2D eigenvalue weighted by Gasteiger charge is 2.29. The first kappa shape index (κ1) is 12.9. The van der Waals surface area contributed by atoms with E-state index in [1.807, 2.05) is 0 Å². The van der Waals surface area contributed by atoms with Crippen molar-refractivity contribution in [2.24, 2.45) is 0 Å². The first-order valence-electron chi connectivity index (χ1n) is 6.85. The lowest BCUT2D eigenvalue weighted by atomic mass is 9.93. The number of phenols is 2. The molecule has 0 aromatic heterocycles. The Kier molecular flexibility index (Phi) is 3.30. The van der Waals surface area contributed by atoms with Gasteiger partial charge in [-0.05, 0) is 31.3 Å². The highest BCUT2D eigenvalue weighted by molar-refractivity contribution is 5.61. The summed E-state index contributed by atoms with van der Waals surface area (Å²) >= 11 is 0. The van der Waals surface area contributed by atoms with Crippen LogP contribution in [0.25, 0.3) is 0 Å². The maximum atomic E-state index is 10.2. The molecule has 4 nitrogen and oxygen atoms in total. The fourth-order valence-electron chi connectivity index (χ4n) is 2.76. The molecule has 1 aliphatic carbocycles. The van der Waals surface area contributed by atoms with E-state index in [1.54, 1.807) is 0 Å². The predicted octanol–water partition coefficient (Wildman–Crippen LogP) is 3.08. The van der Waals surface area contributed by atoms with Gasteiger partial charge >= 0.3 is 0 Å². The third-order valence-corrected chi connectivity index (χ3v) is 3.83. The second-order valence-electron chi connectivity index (χ2n) is 5.08. The molecule has 1 aliphatic heterocycles. The lowest BCUT2D eigenvalue weighted by molar-refractivity contribution is 0.196. The van der Waals surface area contributed by atoms with E-state index in [1.165, 1.54) is 13.2 Å². The van der Waals surface area contributed by atoms with Crippen LogP contribution in [0.1, 0.15) is 24.8 Å². The maximum absolute atomic E-state index is 10.2. The summed E-state index contributed by atoms with van der Waals surface area (Å²) in [5, 5.41) is 20.2. The standard InChI is InChI=1S/C16H18O4/c1-19-14-9-12(17)11-7-8-13(20-16(11)15(14)18)10-5-3-2-4-6-10/h3,5-6,9,13,17-18H,2,4,7-8H2,1H3. The van der Waals surface area contributed by atoms with Crippen molar-refractivity contribution in [2.45, 2.75) is 31.8 Å². The summed E-state index contributed by atoms with van der Waals surface area (Å²) in [7, 11) is 1.45. The summed E-state index contributed by atoms with van der Waals surface area (Å²) in [6.45, 7) is 0. The summed E-state index contributed by atoms with van der Waals surface area (Å²) in [4.78, 5) is 0. The fraction of sp³-hybridized carbons (Fsp3) is 0.375. The number of rotatable bonds is 2. The van der Waals surface area contributed by atoms with Gasteiger partial charge in [-0.3, -0.25) is 0 Å². The highest BCUT2D eigenvalue weighted by Crippen LogP contribution is 2.47. The van der Waals surface area contributed by atoms with Gasteiger partial charge in [0.25, 0.3) is 0 Å². The van der Waals surface area contributed by atoms with Crippen molar-refractivity contribution in [3.8, 4) is 23.0 Å². The SMILES string of the molecule is COc1cc(O)c2c(c1O)OC(C1=CCCC=C1)CC2. The molecule has 0 bridgehead atoms. The zero-order chi connectivity index (χ0) is 14.1. The van der Waals surface area contributed by atoms with Crippen molar-refractivity contribution < 1.29 is 19.7 Å². The number of allylic oxidation sites excluding steroid dienone is 2. The second kappa shape index (κ2) is 5.12. The quantitative estimate of drug-likeness (QED) is 0.814. The van der Waals surface area contributed by atoms with Crippen molar-refractivity contribution in [1.82, 2.24) is 0 Å². The van der Waals surface area contributed by atoms with E-state index >= 15 is 0 Å². The van der Waals surface area contributed by atoms with Crippen molar-refractivity contribution >= 4 is 0 Å². The minimum absolute atomic E-state index is 0.0367. The maximum Gasteiger partial charge on any atom is 0.201 e. The van der Waals surface area contributed by atoms with E-state index in [0.29, 0.717) is 17.7 Å². The van der Waals surface area contributed by atoms with Crippen LogP contribution >= 0.6 is 0 Å². The molecule has 1 aromatic rings. The third kappa shape index (κ3) is 2.11.